The van der Waals surface area contributed by atoms with Crippen LogP contribution in [-0.4, -0.2) is 42.2 Å². The first-order valence-electron chi connectivity index (χ1n) is 8.96. The average molecular weight is 403 g/mol. The van der Waals surface area contributed by atoms with E-state index in [9.17, 15) is 5.11 Å². The van der Waals surface area contributed by atoms with Crippen molar-refractivity contribution in [3.63, 3.8) is 0 Å². The lowest BCUT2D eigenvalue weighted by atomic mass is 10.00. The van der Waals surface area contributed by atoms with Gasteiger partial charge in [-0.1, -0.05) is 6.07 Å². The van der Waals surface area contributed by atoms with Gasteiger partial charge in [-0.05, 0) is 25.3 Å². The van der Waals surface area contributed by atoms with Crippen molar-refractivity contribution in [2.24, 2.45) is 19.1 Å². The lowest BCUT2D eigenvalue weighted by Crippen LogP contribution is -2.44. The Labute approximate surface area is 168 Å². The highest BCUT2D eigenvalue weighted by Crippen LogP contribution is 2.18. The number of guanidine groups is 1. The van der Waals surface area contributed by atoms with Gasteiger partial charge in [0.2, 0.25) is 0 Å². The standard InChI is InChI=1S/C18H26N8OS/c1-13-23-24-16(26(13)4)10-20-17(19-9-15-6-5-7-28-15)21-12-18(2,27)14-8-22-25(3)11-14/h5-8,11,27H,9-10,12H2,1-4H3,(H2,19,20,21). The van der Waals surface area contributed by atoms with E-state index in [1.54, 1.807) is 35.3 Å². The van der Waals surface area contributed by atoms with Gasteiger partial charge in [0.25, 0.3) is 0 Å². The lowest BCUT2D eigenvalue weighted by molar-refractivity contribution is 0.0616. The second-order valence-corrected chi connectivity index (χ2v) is 7.88. The Kier molecular flexibility index (Phi) is 6.10. The maximum Gasteiger partial charge on any atom is 0.192 e. The van der Waals surface area contributed by atoms with Gasteiger partial charge in [-0.2, -0.15) is 5.10 Å². The molecule has 0 saturated heterocycles. The van der Waals surface area contributed by atoms with Gasteiger partial charge in [-0.25, -0.2) is 4.99 Å². The highest BCUT2D eigenvalue weighted by atomic mass is 32.1. The fourth-order valence-corrected chi connectivity index (χ4v) is 3.20. The van der Waals surface area contributed by atoms with Gasteiger partial charge in [0.15, 0.2) is 11.8 Å². The first-order valence-corrected chi connectivity index (χ1v) is 9.84. The van der Waals surface area contributed by atoms with E-state index in [1.165, 1.54) is 4.88 Å². The second kappa shape index (κ2) is 8.53. The molecule has 3 aromatic rings. The molecule has 0 amide bonds. The number of rotatable bonds is 7. The Hall–Kier alpha value is -2.72. The summed E-state index contributed by atoms with van der Waals surface area (Å²) in [6.45, 7) is 4.97. The number of aliphatic hydroxyl groups is 1. The number of aryl methyl sites for hydroxylation is 2. The molecule has 0 aliphatic heterocycles. The third-order valence-corrected chi connectivity index (χ3v) is 5.37. The van der Waals surface area contributed by atoms with Crippen molar-refractivity contribution >= 4 is 17.3 Å². The zero-order valence-electron chi connectivity index (χ0n) is 16.5. The summed E-state index contributed by atoms with van der Waals surface area (Å²) >= 11 is 1.68. The average Bonchev–Trinajstić information content (AvgIpc) is 3.39. The predicted octanol–water partition coefficient (Wildman–Crippen LogP) is 1.06. The molecule has 0 aliphatic carbocycles. The van der Waals surface area contributed by atoms with E-state index in [1.807, 2.05) is 37.0 Å². The van der Waals surface area contributed by atoms with Gasteiger partial charge in [0.05, 0.1) is 19.3 Å². The Bertz CT molecular complexity index is 925. The molecule has 9 nitrogen and oxygen atoms in total. The summed E-state index contributed by atoms with van der Waals surface area (Å²) in [5.74, 6) is 2.21. The van der Waals surface area contributed by atoms with Gasteiger partial charge >= 0.3 is 0 Å². The molecular formula is C18H26N8OS. The molecule has 28 heavy (non-hydrogen) atoms. The topological polar surface area (TPSA) is 105 Å². The Morgan fingerprint density at radius 1 is 1.32 bits per heavy atom. The summed E-state index contributed by atoms with van der Waals surface area (Å²) in [6.07, 6.45) is 3.47. The monoisotopic (exact) mass is 402 g/mol. The molecule has 10 heteroatoms. The van der Waals surface area contributed by atoms with Crippen LogP contribution in [0.4, 0.5) is 0 Å². The van der Waals surface area contributed by atoms with E-state index >= 15 is 0 Å². The van der Waals surface area contributed by atoms with E-state index in [0.717, 1.165) is 17.2 Å². The van der Waals surface area contributed by atoms with E-state index in [2.05, 4.69) is 37.0 Å². The lowest BCUT2D eigenvalue weighted by Gasteiger charge is -2.23. The summed E-state index contributed by atoms with van der Waals surface area (Å²) in [4.78, 5) is 5.81. The van der Waals surface area contributed by atoms with Crippen molar-refractivity contribution in [1.29, 1.82) is 0 Å². The van der Waals surface area contributed by atoms with E-state index < -0.39 is 5.60 Å². The van der Waals surface area contributed by atoms with E-state index in [0.29, 0.717) is 19.0 Å². The molecule has 0 spiro atoms. The zero-order valence-corrected chi connectivity index (χ0v) is 17.4. The third kappa shape index (κ3) is 4.96. The molecule has 1 atom stereocenters. The van der Waals surface area contributed by atoms with Crippen LogP contribution in [0.3, 0.4) is 0 Å². The van der Waals surface area contributed by atoms with Crippen LogP contribution in [0, 0.1) is 6.92 Å². The SMILES string of the molecule is Cc1nnc(CN=C(NCc2cccs2)NCC(C)(O)c2cnn(C)c2)n1C. The molecule has 1 unspecified atom stereocenters. The largest absolute Gasteiger partial charge is 0.383 e. The fraction of sp³-hybridized carbons (Fsp3) is 0.444. The highest BCUT2D eigenvalue weighted by molar-refractivity contribution is 7.09. The maximum absolute atomic E-state index is 10.8. The Morgan fingerprint density at radius 3 is 2.75 bits per heavy atom. The zero-order chi connectivity index (χ0) is 20.1. The summed E-state index contributed by atoms with van der Waals surface area (Å²) < 4.78 is 3.58. The molecule has 150 valence electrons. The van der Waals surface area contributed by atoms with Crippen molar-refractivity contribution in [2.45, 2.75) is 32.5 Å². The summed E-state index contributed by atoms with van der Waals surface area (Å²) in [7, 11) is 3.74. The molecule has 3 N–H and O–H groups in total. The molecule has 0 saturated carbocycles. The Balaban J connectivity index is 1.69. The predicted molar refractivity (Wildman–Crippen MR) is 109 cm³/mol. The number of nitrogens with one attached hydrogen (secondary N) is 2. The number of aliphatic imine (C=N–C) groups is 1. The van der Waals surface area contributed by atoms with Crippen LogP contribution >= 0.6 is 11.3 Å². The van der Waals surface area contributed by atoms with Crippen LogP contribution in [0.5, 0.6) is 0 Å². The number of hydrogen-bond acceptors (Lipinski definition) is 6. The summed E-state index contributed by atoms with van der Waals surface area (Å²) in [6, 6.07) is 4.08. The fourth-order valence-electron chi connectivity index (χ4n) is 2.55. The minimum absolute atomic E-state index is 0.285. The minimum Gasteiger partial charge on any atom is -0.383 e. The molecule has 0 radical (unpaired) electrons. The number of hydrogen-bond donors (Lipinski definition) is 3. The second-order valence-electron chi connectivity index (χ2n) is 6.85. The van der Waals surface area contributed by atoms with Crippen LogP contribution in [0.1, 0.15) is 29.0 Å². The van der Waals surface area contributed by atoms with Crippen LogP contribution in [-0.2, 0) is 32.8 Å². The van der Waals surface area contributed by atoms with Crippen LogP contribution in [0.2, 0.25) is 0 Å². The molecule has 0 bridgehead atoms. The highest BCUT2D eigenvalue weighted by Gasteiger charge is 2.25. The van der Waals surface area contributed by atoms with Gasteiger partial charge in [-0.3, -0.25) is 4.68 Å². The van der Waals surface area contributed by atoms with Crippen LogP contribution < -0.4 is 10.6 Å². The van der Waals surface area contributed by atoms with Crippen molar-refractivity contribution in [3.05, 3.63) is 52.0 Å². The third-order valence-electron chi connectivity index (χ3n) is 4.50. The van der Waals surface area contributed by atoms with Crippen molar-refractivity contribution in [2.75, 3.05) is 6.54 Å². The van der Waals surface area contributed by atoms with Crippen molar-refractivity contribution < 1.29 is 5.11 Å². The van der Waals surface area contributed by atoms with E-state index in [-0.39, 0.29) is 6.54 Å². The Morgan fingerprint density at radius 2 is 2.14 bits per heavy atom. The molecule has 0 fully saturated rings. The maximum atomic E-state index is 10.8. The molecule has 0 aromatic carbocycles. The van der Waals surface area contributed by atoms with E-state index in [4.69, 9.17) is 0 Å². The molecule has 0 aliphatic rings. The van der Waals surface area contributed by atoms with Crippen molar-refractivity contribution in [1.82, 2.24) is 35.2 Å². The van der Waals surface area contributed by atoms with Crippen molar-refractivity contribution in [3.8, 4) is 0 Å². The summed E-state index contributed by atoms with van der Waals surface area (Å²) in [5.41, 5.74) is -0.342. The first kappa shape index (κ1) is 20.0. The summed E-state index contributed by atoms with van der Waals surface area (Å²) in [5, 5.41) is 31.7. The van der Waals surface area contributed by atoms with Gasteiger partial charge in [0, 0.05) is 30.7 Å². The minimum atomic E-state index is -1.08. The normalized spacial score (nSPS) is 14.1. The van der Waals surface area contributed by atoms with Gasteiger partial charge in [-0.15, -0.1) is 21.5 Å². The first-order chi connectivity index (χ1) is 13.3. The smallest absolute Gasteiger partial charge is 0.192 e. The molecule has 3 aromatic heterocycles. The number of nitrogens with zero attached hydrogens (tertiary/aromatic N) is 6. The molecule has 3 heterocycles. The van der Waals surface area contributed by atoms with Crippen LogP contribution in [0.25, 0.3) is 0 Å². The molecular weight excluding hydrogens is 376 g/mol. The number of thiophene rings is 1. The number of aromatic nitrogens is 5. The van der Waals surface area contributed by atoms with Crippen LogP contribution in [0.15, 0.2) is 34.9 Å². The van der Waals surface area contributed by atoms with Gasteiger partial charge < -0.3 is 20.3 Å². The quantitative estimate of drug-likeness (QED) is 0.403. The molecule has 3 rings (SSSR count). The van der Waals surface area contributed by atoms with Gasteiger partial charge in [0.1, 0.15) is 18.0 Å².